The van der Waals surface area contributed by atoms with Crippen LogP contribution in [0.4, 0.5) is 0 Å². The Labute approximate surface area is 79.5 Å². The Kier molecular flexibility index (Phi) is 6.24. The largest absolute Gasteiger partial charge is 0.392 e. The predicted octanol–water partition coefficient (Wildman–Crippen LogP) is 0.365. The van der Waals surface area contributed by atoms with Gasteiger partial charge in [-0.15, -0.1) is 0 Å². The van der Waals surface area contributed by atoms with Crippen LogP contribution in [-0.4, -0.2) is 40.7 Å². The molecular weight excluding hydrogens is 172 g/mol. The molecule has 0 heterocycles. The van der Waals surface area contributed by atoms with Crippen LogP contribution in [0.5, 0.6) is 0 Å². The van der Waals surface area contributed by atoms with Gasteiger partial charge in [0.1, 0.15) is 0 Å². The third-order valence-electron chi connectivity index (χ3n) is 1.44. The highest BCUT2D eigenvalue weighted by Crippen LogP contribution is 1.94. The monoisotopic (exact) mass is 190 g/mol. The van der Waals surface area contributed by atoms with E-state index in [9.17, 15) is 0 Å². The minimum atomic E-state index is -0.314. The molecule has 0 aromatic rings. The van der Waals surface area contributed by atoms with Crippen molar-refractivity contribution < 1.29 is 5.11 Å². The molecule has 72 valence electrons. The van der Waals surface area contributed by atoms with Crippen molar-refractivity contribution >= 4 is 17.2 Å². The Morgan fingerprint density at radius 3 is 2.58 bits per heavy atom. The lowest BCUT2D eigenvalue weighted by molar-refractivity contribution is 0.136. The molecule has 0 aromatic carbocycles. The molecule has 0 aliphatic rings. The van der Waals surface area contributed by atoms with Gasteiger partial charge in [0, 0.05) is 13.1 Å². The number of aliphatic hydroxyl groups excluding tert-OH is 1. The number of hydrogen-bond acceptors (Lipinski definition) is 3. The van der Waals surface area contributed by atoms with E-state index in [1.165, 1.54) is 0 Å². The standard InChI is InChI=1S/C8H18N2OS/c1-3-4-10(5-7(2)11)6-8(9)12/h7,11H,3-6H2,1-2H3,(H2,9,12). The second-order valence-electron chi connectivity index (χ2n) is 3.05. The summed E-state index contributed by atoms with van der Waals surface area (Å²) >= 11 is 4.79. The highest BCUT2D eigenvalue weighted by molar-refractivity contribution is 7.80. The number of nitrogens with zero attached hydrogens (tertiary/aromatic N) is 1. The normalized spacial score (nSPS) is 13.3. The number of thiocarbonyl (C=S) groups is 1. The van der Waals surface area contributed by atoms with Crippen LogP contribution >= 0.6 is 12.2 Å². The van der Waals surface area contributed by atoms with Crippen LogP contribution in [0, 0.1) is 0 Å². The second-order valence-corrected chi connectivity index (χ2v) is 3.57. The first-order chi connectivity index (χ1) is 5.56. The first-order valence-electron chi connectivity index (χ1n) is 4.25. The number of aliphatic hydroxyl groups is 1. The molecule has 0 amide bonds. The van der Waals surface area contributed by atoms with Gasteiger partial charge >= 0.3 is 0 Å². The smallest absolute Gasteiger partial charge is 0.0870 e. The van der Waals surface area contributed by atoms with Gasteiger partial charge < -0.3 is 10.8 Å². The zero-order valence-corrected chi connectivity index (χ0v) is 8.60. The lowest BCUT2D eigenvalue weighted by Gasteiger charge is -2.22. The maximum absolute atomic E-state index is 9.14. The lowest BCUT2D eigenvalue weighted by Crippen LogP contribution is -2.37. The molecule has 12 heavy (non-hydrogen) atoms. The summed E-state index contributed by atoms with van der Waals surface area (Å²) in [5.74, 6) is 0. The summed E-state index contributed by atoms with van der Waals surface area (Å²) < 4.78 is 0. The summed E-state index contributed by atoms with van der Waals surface area (Å²) in [5, 5.41) is 9.14. The molecule has 3 N–H and O–H groups in total. The van der Waals surface area contributed by atoms with E-state index in [4.69, 9.17) is 23.1 Å². The van der Waals surface area contributed by atoms with Gasteiger partial charge in [0.2, 0.25) is 0 Å². The Bertz CT molecular complexity index is 139. The molecule has 4 heteroatoms. The van der Waals surface area contributed by atoms with Crippen molar-refractivity contribution in [2.24, 2.45) is 5.73 Å². The Morgan fingerprint density at radius 1 is 1.67 bits per heavy atom. The fourth-order valence-corrected chi connectivity index (χ4v) is 1.33. The molecule has 1 unspecified atom stereocenters. The third-order valence-corrected chi connectivity index (χ3v) is 1.57. The molecule has 0 bridgehead atoms. The van der Waals surface area contributed by atoms with Gasteiger partial charge in [0.25, 0.3) is 0 Å². The molecule has 0 aliphatic heterocycles. The zero-order valence-electron chi connectivity index (χ0n) is 7.79. The number of nitrogens with two attached hydrogens (primary N) is 1. The van der Waals surface area contributed by atoms with Gasteiger partial charge in [-0.3, -0.25) is 4.90 Å². The number of rotatable bonds is 6. The van der Waals surface area contributed by atoms with Crippen LogP contribution in [-0.2, 0) is 0 Å². The zero-order chi connectivity index (χ0) is 9.56. The minimum absolute atomic E-state index is 0.314. The maximum Gasteiger partial charge on any atom is 0.0870 e. The van der Waals surface area contributed by atoms with E-state index >= 15 is 0 Å². The van der Waals surface area contributed by atoms with Gasteiger partial charge in [0.05, 0.1) is 11.1 Å². The van der Waals surface area contributed by atoms with E-state index < -0.39 is 0 Å². The quantitative estimate of drug-likeness (QED) is 0.594. The van der Waals surface area contributed by atoms with Gasteiger partial charge in [-0.25, -0.2) is 0 Å². The van der Waals surface area contributed by atoms with E-state index in [0.29, 0.717) is 18.1 Å². The highest BCUT2D eigenvalue weighted by Gasteiger charge is 2.07. The average Bonchev–Trinajstić information content (AvgIpc) is 1.84. The Morgan fingerprint density at radius 2 is 2.25 bits per heavy atom. The maximum atomic E-state index is 9.14. The van der Waals surface area contributed by atoms with Gasteiger partial charge in [0.15, 0.2) is 0 Å². The van der Waals surface area contributed by atoms with Crippen molar-refractivity contribution in [3.63, 3.8) is 0 Å². The summed E-state index contributed by atoms with van der Waals surface area (Å²) in [6.45, 7) is 6.04. The van der Waals surface area contributed by atoms with Crippen molar-refractivity contribution in [3.05, 3.63) is 0 Å². The summed E-state index contributed by atoms with van der Waals surface area (Å²) in [6.07, 6.45) is 0.737. The molecule has 1 atom stereocenters. The molecule has 0 fully saturated rings. The first-order valence-corrected chi connectivity index (χ1v) is 4.65. The molecule has 0 spiro atoms. The van der Waals surface area contributed by atoms with Crippen LogP contribution in [0.3, 0.4) is 0 Å². The van der Waals surface area contributed by atoms with Crippen LogP contribution in [0.15, 0.2) is 0 Å². The summed E-state index contributed by atoms with van der Waals surface area (Å²) in [6, 6.07) is 0. The van der Waals surface area contributed by atoms with E-state index in [2.05, 4.69) is 11.8 Å². The summed E-state index contributed by atoms with van der Waals surface area (Å²) in [7, 11) is 0. The van der Waals surface area contributed by atoms with Crippen molar-refractivity contribution in [1.82, 2.24) is 4.90 Å². The van der Waals surface area contributed by atoms with Crippen molar-refractivity contribution in [2.45, 2.75) is 26.4 Å². The van der Waals surface area contributed by atoms with Crippen LogP contribution < -0.4 is 5.73 Å². The molecule has 0 saturated heterocycles. The van der Waals surface area contributed by atoms with Crippen molar-refractivity contribution in [1.29, 1.82) is 0 Å². The molecule has 0 radical (unpaired) electrons. The SMILES string of the molecule is CCCN(CC(N)=S)CC(C)O. The van der Waals surface area contributed by atoms with Crippen LogP contribution in [0.1, 0.15) is 20.3 Å². The molecule has 0 saturated carbocycles. The van der Waals surface area contributed by atoms with Crippen molar-refractivity contribution in [3.8, 4) is 0 Å². The second kappa shape index (κ2) is 6.34. The Balaban J connectivity index is 3.77. The van der Waals surface area contributed by atoms with Gasteiger partial charge in [-0.2, -0.15) is 0 Å². The third kappa shape index (κ3) is 6.52. The molecule has 3 nitrogen and oxygen atoms in total. The van der Waals surface area contributed by atoms with E-state index in [0.717, 1.165) is 13.0 Å². The van der Waals surface area contributed by atoms with Crippen LogP contribution in [0.2, 0.25) is 0 Å². The fourth-order valence-electron chi connectivity index (χ4n) is 1.15. The fraction of sp³-hybridized carbons (Fsp3) is 0.875. The molecule has 0 aromatic heterocycles. The van der Waals surface area contributed by atoms with Crippen LogP contribution in [0.25, 0.3) is 0 Å². The first kappa shape index (κ1) is 11.8. The average molecular weight is 190 g/mol. The minimum Gasteiger partial charge on any atom is -0.392 e. The topological polar surface area (TPSA) is 49.5 Å². The molecule has 0 rings (SSSR count). The lowest BCUT2D eigenvalue weighted by atomic mass is 10.3. The van der Waals surface area contributed by atoms with Gasteiger partial charge in [-0.1, -0.05) is 19.1 Å². The van der Waals surface area contributed by atoms with E-state index in [-0.39, 0.29) is 6.10 Å². The highest BCUT2D eigenvalue weighted by atomic mass is 32.1. The van der Waals surface area contributed by atoms with E-state index in [1.54, 1.807) is 6.92 Å². The summed E-state index contributed by atoms with van der Waals surface area (Å²) in [5.41, 5.74) is 5.41. The predicted molar refractivity (Wildman–Crippen MR) is 55.2 cm³/mol. The van der Waals surface area contributed by atoms with Crippen molar-refractivity contribution in [2.75, 3.05) is 19.6 Å². The summed E-state index contributed by atoms with van der Waals surface area (Å²) in [4.78, 5) is 2.55. The number of hydrogen-bond donors (Lipinski definition) is 2. The van der Waals surface area contributed by atoms with Gasteiger partial charge in [-0.05, 0) is 19.9 Å². The van der Waals surface area contributed by atoms with E-state index in [1.807, 2.05) is 0 Å². The molecular formula is C8H18N2OS. The molecule has 0 aliphatic carbocycles. The Hall–Kier alpha value is -0.190.